The second-order valence-corrected chi connectivity index (χ2v) is 7.44. The molecule has 17 nitrogen and oxygen atoms in total. The van der Waals surface area contributed by atoms with Gasteiger partial charge in [-0.1, -0.05) is 0 Å². The fourth-order valence-corrected chi connectivity index (χ4v) is 3.77. The molecule has 0 fully saturated rings. The minimum Gasteiger partial charge on any atom is -0.489 e. The number of hydrogen-bond acceptors (Lipinski definition) is 11. The molecule has 4 rings (SSSR count). The Morgan fingerprint density at radius 3 is 1.46 bits per heavy atom. The van der Waals surface area contributed by atoms with Crippen LogP contribution >= 0.6 is 0 Å². The van der Waals surface area contributed by atoms with Gasteiger partial charge in [-0.05, 0) is 0 Å². The van der Waals surface area contributed by atoms with Crippen LogP contribution in [0.3, 0.4) is 0 Å². The number of hydrogen-bond donors (Lipinski definition) is 2. The molecular weight excluding hydrogens is 504 g/mol. The predicted molar refractivity (Wildman–Crippen MR) is 118 cm³/mol. The molecule has 0 aromatic heterocycles. The van der Waals surface area contributed by atoms with E-state index in [2.05, 4.69) is 0 Å². The SMILES string of the molecule is O=C(O)c1cc([N+](=O)[O-])cc2c1N(C(=O)OC(=O)N1CCOc3cc([N+](=O)[O-])cc(C(=O)O)c31)CCO2. The second-order valence-electron chi connectivity index (χ2n) is 7.44. The molecule has 37 heavy (non-hydrogen) atoms. The van der Waals surface area contributed by atoms with Crippen LogP contribution in [0.15, 0.2) is 24.3 Å². The van der Waals surface area contributed by atoms with Crippen molar-refractivity contribution in [2.45, 2.75) is 0 Å². The number of benzene rings is 2. The van der Waals surface area contributed by atoms with Crippen LogP contribution in [0.4, 0.5) is 32.3 Å². The number of fused-ring (bicyclic) bond motifs is 2. The van der Waals surface area contributed by atoms with Crippen LogP contribution in [0.5, 0.6) is 11.5 Å². The molecule has 0 bridgehead atoms. The molecule has 0 unspecified atom stereocenters. The molecule has 2 heterocycles. The maximum atomic E-state index is 12.9. The third kappa shape index (κ3) is 4.47. The van der Waals surface area contributed by atoms with E-state index in [0.717, 1.165) is 21.9 Å². The summed E-state index contributed by atoms with van der Waals surface area (Å²) in [5.41, 5.74) is -3.31. The van der Waals surface area contributed by atoms with E-state index in [4.69, 9.17) is 14.2 Å². The summed E-state index contributed by atoms with van der Waals surface area (Å²) in [6.07, 6.45) is -2.75. The Bertz CT molecular complexity index is 1290. The Labute approximate surface area is 204 Å². The summed E-state index contributed by atoms with van der Waals surface area (Å²) in [4.78, 5) is 71.4. The van der Waals surface area contributed by atoms with Crippen LogP contribution in [0.1, 0.15) is 20.7 Å². The minimum absolute atomic E-state index is 0.219. The third-order valence-electron chi connectivity index (χ3n) is 5.30. The number of rotatable bonds is 4. The fourth-order valence-electron chi connectivity index (χ4n) is 3.77. The molecule has 2 aliphatic rings. The van der Waals surface area contributed by atoms with Crippen LogP contribution in [0, 0.1) is 20.2 Å². The van der Waals surface area contributed by atoms with Crippen molar-refractivity contribution in [3.05, 3.63) is 55.6 Å². The Morgan fingerprint density at radius 2 is 1.14 bits per heavy atom. The largest absolute Gasteiger partial charge is 0.489 e. The molecule has 0 radical (unpaired) electrons. The highest BCUT2D eigenvalue weighted by Gasteiger charge is 2.37. The number of carbonyl (C=O) groups excluding carboxylic acids is 2. The van der Waals surface area contributed by atoms with E-state index in [1.807, 2.05) is 0 Å². The van der Waals surface area contributed by atoms with Gasteiger partial charge in [-0.2, -0.15) is 0 Å². The molecular formula is C20H14N4O13. The van der Waals surface area contributed by atoms with Crippen molar-refractivity contribution < 1.29 is 53.4 Å². The number of carbonyl (C=O) groups is 4. The van der Waals surface area contributed by atoms with Gasteiger partial charge in [-0.3, -0.25) is 30.0 Å². The van der Waals surface area contributed by atoms with Gasteiger partial charge >= 0.3 is 24.1 Å². The average molecular weight is 518 g/mol. The first-order valence-corrected chi connectivity index (χ1v) is 10.2. The first-order valence-electron chi connectivity index (χ1n) is 10.2. The Hall–Kier alpha value is -5.48. The quantitative estimate of drug-likeness (QED) is 0.336. The van der Waals surface area contributed by atoms with Crippen molar-refractivity contribution in [1.82, 2.24) is 0 Å². The van der Waals surface area contributed by atoms with E-state index in [1.54, 1.807) is 0 Å². The molecule has 0 aliphatic carbocycles. The molecule has 0 atom stereocenters. The summed E-state index contributed by atoms with van der Waals surface area (Å²) in [5, 5.41) is 41.4. The first kappa shape index (κ1) is 24.6. The van der Waals surface area contributed by atoms with Gasteiger partial charge < -0.3 is 24.4 Å². The Kier molecular flexibility index (Phi) is 6.18. The van der Waals surface area contributed by atoms with Gasteiger partial charge in [0.15, 0.2) is 11.5 Å². The highest BCUT2D eigenvalue weighted by molar-refractivity contribution is 6.08. The number of non-ortho nitro benzene ring substituents is 2. The van der Waals surface area contributed by atoms with Crippen LogP contribution in [-0.2, 0) is 4.74 Å². The number of anilines is 2. The average Bonchev–Trinajstić information content (AvgIpc) is 2.85. The lowest BCUT2D eigenvalue weighted by molar-refractivity contribution is -0.385. The number of ether oxygens (including phenoxy) is 3. The van der Waals surface area contributed by atoms with Gasteiger partial charge in [0.05, 0.1) is 46.2 Å². The molecule has 2 aromatic rings. The van der Waals surface area contributed by atoms with E-state index >= 15 is 0 Å². The second kappa shape index (κ2) is 9.29. The zero-order valence-electron chi connectivity index (χ0n) is 18.3. The zero-order valence-corrected chi connectivity index (χ0v) is 18.3. The molecule has 192 valence electrons. The highest BCUT2D eigenvalue weighted by atomic mass is 16.6. The van der Waals surface area contributed by atoms with Gasteiger partial charge in [0.25, 0.3) is 11.4 Å². The third-order valence-corrected chi connectivity index (χ3v) is 5.30. The van der Waals surface area contributed by atoms with Crippen LogP contribution < -0.4 is 19.3 Å². The summed E-state index contributed by atoms with van der Waals surface area (Å²) in [6, 6.07) is 3.24. The van der Waals surface area contributed by atoms with Gasteiger partial charge in [-0.15, -0.1) is 0 Å². The van der Waals surface area contributed by atoms with Crippen molar-refractivity contribution in [3.8, 4) is 11.5 Å². The monoisotopic (exact) mass is 518 g/mol. The van der Waals surface area contributed by atoms with E-state index in [1.165, 1.54) is 0 Å². The number of nitro benzene ring substituents is 2. The van der Waals surface area contributed by atoms with Gasteiger partial charge in [-0.25, -0.2) is 19.2 Å². The summed E-state index contributed by atoms with van der Waals surface area (Å²) in [7, 11) is 0. The number of nitrogens with zero attached hydrogens (tertiary/aromatic N) is 4. The molecule has 0 spiro atoms. The number of nitro groups is 2. The number of aromatic carboxylic acids is 2. The summed E-state index contributed by atoms with van der Waals surface area (Å²) in [6.45, 7) is -1.01. The van der Waals surface area contributed by atoms with Crippen LogP contribution in [0.2, 0.25) is 0 Å². The minimum atomic E-state index is -1.62. The standard InChI is InChI=1S/C20H14N4O13/c25-17(26)11-5-9(23(31)32)7-13-15(11)21(1-3-35-13)19(29)37-20(30)22-2-4-36-14-8-10(24(33)34)6-12(16(14)22)18(27)28/h5-8H,1-4H2,(H,25,26)(H,27,28). The topological polar surface area (TPSA) is 229 Å². The Balaban J connectivity index is 1.68. The molecule has 0 saturated carbocycles. The lowest BCUT2D eigenvalue weighted by Gasteiger charge is -2.32. The molecule has 17 heteroatoms. The lowest BCUT2D eigenvalue weighted by atomic mass is 10.1. The van der Waals surface area contributed by atoms with E-state index in [-0.39, 0.29) is 49.2 Å². The van der Waals surface area contributed by atoms with E-state index < -0.39 is 56.5 Å². The van der Waals surface area contributed by atoms with E-state index in [0.29, 0.717) is 12.1 Å². The van der Waals surface area contributed by atoms with Crippen LogP contribution in [-0.4, -0.2) is 70.5 Å². The number of amides is 2. The maximum Gasteiger partial charge on any atom is 0.423 e. The highest BCUT2D eigenvalue weighted by Crippen LogP contribution is 2.41. The first-order chi connectivity index (χ1) is 17.5. The van der Waals surface area contributed by atoms with Gasteiger partial charge in [0, 0.05) is 12.1 Å². The van der Waals surface area contributed by atoms with Gasteiger partial charge in [0.1, 0.15) is 24.6 Å². The van der Waals surface area contributed by atoms with Gasteiger partial charge in [0.2, 0.25) is 0 Å². The van der Waals surface area contributed by atoms with Crippen molar-refractivity contribution in [2.75, 3.05) is 36.1 Å². The number of carboxylic acid groups (broad SMARTS) is 2. The summed E-state index contributed by atoms with van der Waals surface area (Å²) < 4.78 is 15.4. The Morgan fingerprint density at radius 1 is 0.757 bits per heavy atom. The maximum absolute atomic E-state index is 12.9. The molecule has 0 saturated heterocycles. The van der Waals surface area contributed by atoms with Crippen molar-refractivity contribution >= 4 is 46.9 Å². The van der Waals surface area contributed by atoms with Crippen molar-refractivity contribution in [2.24, 2.45) is 0 Å². The van der Waals surface area contributed by atoms with Crippen molar-refractivity contribution in [1.29, 1.82) is 0 Å². The summed E-state index contributed by atoms with van der Waals surface area (Å²) in [5.74, 6) is -3.85. The fraction of sp³-hybridized carbons (Fsp3) is 0.200. The molecule has 2 amide bonds. The van der Waals surface area contributed by atoms with E-state index in [9.17, 15) is 49.6 Å². The van der Waals surface area contributed by atoms with Crippen LogP contribution in [0.25, 0.3) is 0 Å². The zero-order chi connectivity index (χ0) is 27.0. The number of carboxylic acids is 2. The smallest absolute Gasteiger partial charge is 0.423 e. The molecule has 2 aromatic carbocycles. The molecule has 2 N–H and O–H groups in total. The summed E-state index contributed by atoms with van der Waals surface area (Å²) >= 11 is 0. The predicted octanol–water partition coefficient (Wildman–Crippen LogP) is 2.25. The lowest BCUT2D eigenvalue weighted by Crippen LogP contribution is -2.45. The molecule has 2 aliphatic heterocycles. The normalized spacial score (nSPS) is 13.8. The van der Waals surface area contributed by atoms with Crippen molar-refractivity contribution in [3.63, 3.8) is 0 Å².